The molecule has 0 aliphatic heterocycles. The Morgan fingerprint density at radius 2 is 1.87 bits per heavy atom. The third-order valence-electron chi connectivity index (χ3n) is 1.81. The van der Waals surface area contributed by atoms with Gasteiger partial charge in [-0.3, -0.25) is 0 Å². The van der Waals surface area contributed by atoms with Crippen molar-refractivity contribution in [3.8, 4) is 0 Å². The SMILES string of the molecule is CCN(CC)S(=O)(=O)NCCOCCO. The van der Waals surface area contributed by atoms with Gasteiger partial charge in [-0.25, -0.2) is 0 Å². The highest BCUT2D eigenvalue weighted by atomic mass is 32.2. The van der Waals surface area contributed by atoms with Crippen molar-refractivity contribution in [1.82, 2.24) is 9.03 Å². The minimum Gasteiger partial charge on any atom is -0.394 e. The zero-order chi connectivity index (χ0) is 11.7. The first-order valence-electron chi connectivity index (χ1n) is 5.01. The Hall–Kier alpha value is -0.210. The van der Waals surface area contributed by atoms with E-state index >= 15 is 0 Å². The van der Waals surface area contributed by atoms with Crippen LogP contribution in [-0.2, 0) is 14.9 Å². The molecule has 0 saturated heterocycles. The summed E-state index contributed by atoms with van der Waals surface area (Å²) >= 11 is 0. The van der Waals surface area contributed by atoms with Gasteiger partial charge in [0.05, 0.1) is 19.8 Å². The molecule has 0 aliphatic carbocycles. The molecule has 0 heterocycles. The number of hydrogen-bond acceptors (Lipinski definition) is 4. The number of ether oxygens (including phenoxy) is 1. The van der Waals surface area contributed by atoms with Crippen molar-refractivity contribution in [2.75, 3.05) is 39.5 Å². The van der Waals surface area contributed by atoms with Crippen LogP contribution < -0.4 is 4.72 Å². The summed E-state index contributed by atoms with van der Waals surface area (Å²) in [6, 6.07) is 0. The van der Waals surface area contributed by atoms with E-state index in [2.05, 4.69) is 4.72 Å². The van der Waals surface area contributed by atoms with E-state index in [1.54, 1.807) is 13.8 Å². The van der Waals surface area contributed by atoms with Crippen LogP contribution in [0.25, 0.3) is 0 Å². The van der Waals surface area contributed by atoms with Crippen LogP contribution in [0.2, 0.25) is 0 Å². The normalized spacial score (nSPS) is 12.3. The maximum atomic E-state index is 11.5. The number of rotatable bonds is 9. The van der Waals surface area contributed by atoms with E-state index in [1.807, 2.05) is 0 Å². The Bertz CT molecular complexity index is 239. The van der Waals surface area contributed by atoms with Gasteiger partial charge in [0.15, 0.2) is 0 Å². The summed E-state index contributed by atoms with van der Waals surface area (Å²) in [4.78, 5) is 0. The molecule has 0 aromatic heterocycles. The highest BCUT2D eigenvalue weighted by Gasteiger charge is 2.16. The largest absolute Gasteiger partial charge is 0.394 e. The smallest absolute Gasteiger partial charge is 0.279 e. The molecule has 0 aromatic rings. The second-order valence-corrected chi connectivity index (χ2v) is 4.57. The van der Waals surface area contributed by atoms with Crippen molar-refractivity contribution < 1.29 is 18.3 Å². The first kappa shape index (κ1) is 14.8. The summed E-state index contributed by atoms with van der Waals surface area (Å²) < 4.78 is 31.7. The first-order chi connectivity index (χ1) is 7.08. The third kappa shape index (κ3) is 6.06. The zero-order valence-electron chi connectivity index (χ0n) is 9.27. The van der Waals surface area contributed by atoms with Gasteiger partial charge < -0.3 is 9.84 Å². The number of aliphatic hydroxyl groups excluding tert-OH is 1. The van der Waals surface area contributed by atoms with Crippen molar-refractivity contribution in [3.05, 3.63) is 0 Å². The van der Waals surface area contributed by atoms with Gasteiger partial charge in [0, 0.05) is 19.6 Å². The minimum absolute atomic E-state index is 0.0528. The topological polar surface area (TPSA) is 78.9 Å². The van der Waals surface area contributed by atoms with Gasteiger partial charge in [0.1, 0.15) is 0 Å². The van der Waals surface area contributed by atoms with Crippen molar-refractivity contribution in [2.45, 2.75) is 13.8 Å². The Kier molecular flexibility index (Phi) is 7.89. The predicted octanol–water partition coefficient (Wildman–Crippen LogP) is -0.828. The van der Waals surface area contributed by atoms with Gasteiger partial charge in [-0.1, -0.05) is 13.8 Å². The van der Waals surface area contributed by atoms with Crippen LogP contribution >= 0.6 is 0 Å². The van der Waals surface area contributed by atoms with Crippen LogP contribution in [-0.4, -0.2) is 57.3 Å². The molecule has 0 amide bonds. The fraction of sp³-hybridized carbons (Fsp3) is 1.00. The second kappa shape index (κ2) is 8.00. The van der Waals surface area contributed by atoms with E-state index in [4.69, 9.17) is 9.84 Å². The molecule has 0 atom stereocenters. The molecular formula is C8H20N2O4S. The molecule has 2 N–H and O–H groups in total. The maximum absolute atomic E-state index is 11.5. The number of hydrogen-bond donors (Lipinski definition) is 2. The summed E-state index contributed by atoms with van der Waals surface area (Å²) in [6.07, 6.45) is 0. The molecule has 6 nitrogen and oxygen atoms in total. The number of nitrogens with zero attached hydrogens (tertiary/aromatic N) is 1. The molecule has 0 radical (unpaired) electrons. The third-order valence-corrected chi connectivity index (χ3v) is 3.58. The van der Waals surface area contributed by atoms with Crippen molar-refractivity contribution in [2.24, 2.45) is 0 Å². The summed E-state index contributed by atoms with van der Waals surface area (Å²) in [5, 5.41) is 8.42. The quantitative estimate of drug-likeness (QED) is 0.516. The first-order valence-corrected chi connectivity index (χ1v) is 6.45. The Labute approximate surface area is 91.4 Å². The van der Waals surface area contributed by atoms with E-state index in [1.165, 1.54) is 4.31 Å². The molecule has 15 heavy (non-hydrogen) atoms. The highest BCUT2D eigenvalue weighted by Crippen LogP contribution is 1.95. The van der Waals surface area contributed by atoms with Gasteiger partial charge in [0.25, 0.3) is 10.2 Å². The second-order valence-electron chi connectivity index (χ2n) is 2.82. The molecule has 7 heteroatoms. The van der Waals surface area contributed by atoms with E-state index < -0.39 is 10.2 Å². The standard InChI is InChI=1S/C8H20N2O4S/c1-3-10(4-2)15(12,13)9-5-7-14-8-6-11/h9,11H,3-8H2,1-2H3. The summed E-state index contributed by atoms with van der Waals surface area (Å²) in [5.41, 5.74) is 0. The van der Waals surface area contributed by atoms with Crippen molar-refractivity contribution in [3.63, 3.8) is 0 Å². The summed E-state index contributed by atoms with van der Waals surface area (Å²) in [5.74, 6) is 0. The fourth-order valence-electron chi connectivity index (χ4n) is 1.06. The molecule has 0 aromatic carbocycles. The minimum atomic E-state index is -3.37. The molecule has 0 rings (SSSR count). The van der Waals surface area contributed by atoms with Gasteiger partial charge >= 0.3 is 0 Å². The summed E-state index contributed by atoms with van der Waals surface area (Å²) in [6.45, 7) is 5.12. The average Bonchev–Trinajstić information content (AvgIpc) is 2.18. The molecule has 0 fully saturated rings. The lowest BCUT2D eigenvalue weighted by atomic mass is 10.7. The maximum Gasteiger partial charge on any atom is 0.279 e. The van der Waals surface area contributed by atoms with Crippen LogP contribution in [0.5, 0.6) is 0 Å². The highest BCUT2D eigenvalue weighted by molar-refractivity contribution is 7.87. The van der Waals surface area contributed by atoms with Gasteiger partial charge in [-0.15, -0.1) is 0 Å². The Balaban J connectivity index is 3.83. The Morgan fingerprint density at radius 1 is 1.27 bits per heavy atom. The van der Waals surface area contributed by atoms with Crippen LogP contribution in [0.15, 0.2) is 0 Å². The monoisotopic (exact) mass is 240 g/mol. The fourth-order valence-corrected chi connectivity index (χ4v) is 2.27. The average molecular weight is 240 g/mol. The summed E-state index contributed by atoms with van der Waals surface area (Å²) in [7, 11) is -3.37. The number of nitrogens with one attached hydrogen (secondary N) is 1. The lowest BCUT2D eigenvalue weighted by molar-refractivity contribution is 0.0959. The molecule has 0 unspecified atom stereocenters. The molecule has 0 saturated carbocycles. The molecule has 0 bridgehead atoms. The zero-order valence-corrected chi connectivity index (χ0v) is 10.1. The van der Waals surface area contributed by atoms with Crippen LogP contribution in [0.3, 0.4) is 0 Å². The van der Waals surface area contributed by atoms with Crippen LogP contribution in [0, 0.1) is 0 Å². The van der Waals surface area contributed by atoms with E-state index in [9.17, 15) is 8.42 Å². The lowest BCUT2D eigenvalue weighted by Gasteiger charge is -2.18. The van der Waals surface area contributed by atoms with Crippen LogP contribution in [0.4, 0.5) is 0 Å². The molecule has 0 aliphatic rings. The van der Waals surface area contributed by atoms with Gasteiger partial charge in [0.2, 0.25) is 0 Å². The van der Waals surface area contributed by atoms with E-state index in [0.29, 0.717) is 13.1 Å². The van der Waals surface area contributed by atoms with Crippen molar-refractivity contribution >= 4 is 10.2 Å². The van der Waals surface area contributed by atoms with E-state index in [-0.39, 0.29) is 26.4 Å². The van der Waals surface area contributed by atoms with Gasteiger partial charge in [-0.05, 0) is 0 Å². The predicted molar refractivity (Wildman–Crippen MR) is 57.7 cm³/mol. The number of aliphatic hydroxyl groups is 1. The van der Waals surface area contributed by atoms with E-state index in [0.717, 1.165) is 0 Å². The van der Waals surface area contributed by atoms with Gasteiger partial charge in [-0.2, -0.15) is 17.4 Å². The molecule has 0 spiro atoms. The Morgan fingerprint density at radius 3 is 2.33 bits per heavy atom. The van der Waals surface area contributed by atoms with Crippen molar-refractivity contribution in [1.29, 1.82) is 0 Å². The lowest BCUT2D eigenvalue weighted by Crippen LogP contribution is -2.41. The molecular weight excluding hydrogens is 220 g/mol. The van der Waals surface area contributed by atoms with Crippen LogP contribution in [0.1, 0.15) is 13.8 Å². The molecule has 92 valence electrons.